The van der Waals surface area contributed by atoms with E-state index < -0.39 is 0 Å². The molecule has 0 amide bonds. The molecule has 0 saturated heterocycles. The van der Waals surface area contributed by atoms with Gasteiger partial charge >= 0.3 is 0 Å². The molecule has 4 unspecified atom stereocenters. The molecule has 0 bridgehead atoms. The number of allylic oxidation sites excluding steroid dienone is 1. The lowest BCUT2D eigenvalue weighted by Crippen LogP contribution is -2.52. The van der Waals surface area contributed by atoms with Crippen LogP contribution in [0.4, 0.5) is 11.4 Å². The highest BCUT2D eigenvalue weighted by Crippen LogP contribution is 2.54. The zero-order valence-electron chi connectivity index (χ0n) is 27.9. The predicted octanol–water partition coefficient (Wildman–Crippen LogP) is 9.52. The van der Waals surface area contributed by atoms with E-state index >= 15 is 0 Å². The first-order valence-electron chi connectivity index (χ1n) is 18.1. The van der Waals surface area contributed by atoms with Crippen LogP contribution in [0, 0.1) is 0 Å². The summed E-state index contributed by atoms with van der Waals surface area (Å²) in [7, 11) is 0. The quantitative estimate of drug-likeness (QED) is 0.197. The summed E-state index contributed by atoms with van der Waals surface area (Å²) < 4.78 is 0. The van der Waals surface area contributed by atoms with Gasteiger partial charge in [0.05, 0.1) is 11.7 Å². The minimum atomic E-state index is -0.294. The van der Waals surface area contributed by atoms with E-state index in [4.69, 9.17) is 9.98 Å². The summed E-state index contributed by atoms with van der Waals surface area (Å²) in [6.07, 6.45) is 11.8. The van der Waals surface area contributed by atoms with Crippen molar-refractivity contribution < 1.29 is 0 Å². The van der Waals surface area contributed by atoms with Crippen LogP contribution >= 0.6 is 0 Å². The summed E-state index contributed by atoms with van der Waals surface area (Å²) in [5.41, 5.74) is 11.3. The molecule has 0 fully saturated rings. The van der Waals surface area contributed by atoms with Crippen LogP contribution in [-0.2, 0) is 0 Å². The van der Waals surface area contributed by atoms with Gasteiger partial charge in [-0.25, -0.2) is 4.99 Å². The van der Waals surface area contributed by atoms with Crippen molar-refractivity contribution in [3.8, 4) is 11.1 Å². The molecule has 244 valence electrons. The number of hydrogen-bond donors (Lipinski definition) is 1. The molecule has 5 atom stereocenters. The van der Waals surface area contributed by atoms with Crippen molar-refractivity contribution in [3.05, 3.63) is 174 Å². The predicted molar refractivity (Wildman–Crippen MR) is 206 cm³/mol. The molecule has 5 nitrogen and oxygen atoms in total. The van der Waals surface area contributed by atoms with Crippen molar-refractivity contribution in [2.45, 2.75) is 55.9 Å². The molecule has 3 heterocycles. The molecular weight excluding hydrogens is 611 g/mol. The number of para-hydroxylation sites is 2. The van der Waals surface area contributed by atoms with E-state index in [1.807, 2.05) is 0 Å². The second kappa shape index (κ2) is 12.0. The molecule has 5 heteroatoms. The molecule has 0 saturated carbocycles. The number of fused-ring (bicyclic) bond motifs is 6. The normalized spacial score (nSPS) is 24.6. The monoisotopic (exact) mass is 649 g/mol. The minimum absolute atomic E-state index is 0.149. The van der Waals surface area contributed by atoms with Gasteiger partial charge in [0.15, 0.2) is 5.84 Å². The molecule has 0 spiro atoms. The number of guanidine groups is 1. The van der Waals surface area contributed by atoms with Crippen molar-refractivity contribution >= 4 is 28.7 Å². The molecule has 3 aliphatic heterocycles. The number of anilines is 2. The number of benzene rings is 5. The van der Waals surface area contributed by atoms with Crippen LogP contribution in [-0.4, -0.2) is 29.9 Å². The van der Waals surface area contributed by atoms with Crippen molar-refractivity contribution in [2.75, 3.05) is 9.80 Å². The van der Waals surface area contributed by atoms with Crippen LogP contribution < -0.4 is 15.1 Å². The maximum absolute atomic E-state index is 5.34. The second-order valence-electron chi connectivity index (χ2n) is 14.0. The first-order valence-corrected chi connectivity index (χ1v) is 18.1. The Kier molecular flexibility index (Phi) is 7.04. The number of nitrogens with one attached hydrogen (secondary N) is 1. The number of amidine groups is 1. The lowest BCUT2D eigenvalue weighted by molar-refractivity contribution is 0.461. The Hall–Kier alpha value is -5.68. The van der Waals surface area contributed by atoms with Gasteiger partial charge in [-0.1, -0.05) is 133 Å². The second-order valence-corrected chi connectivity index (χ2v) is 14.0. The number of aliphatic imine (C=N–C) groups is 2. The topological polar surface area (TPSA) is 43.2 Å². The summed E-state index contributed by atoms with van der Waals surface area (Å²) in [5, 5.41) is 3.85. The number of rotatable bonds is 4. The Morgan fingerprint density at radius 2 is 1.44 bits per heavy atom. The molecular formula is C45H39N5. The third kappa shape index (κ3) is 4.83. The highest BCUT2D eigenvalue weighted by atomic mass is 15.4. The summed E-state index contributed by atoms with van der Waals surface area (Å²) >= 11 is 0. The summed E-state index contributed by atoms with van der Waals surface area (Å²) in [5.74, 6) is 1.96. The molecule has 50 heavy (non-hydrogen) atoms. The fourth-order valence-electron chi connectivity index (χ4n) is 8.97. The first kappa shape index (κ1) is 29.3. The lowest BCUT2D eigenvalue weighted by Gasteiger charge is -2.42. The van der Waals surface area contributed by atoms with Crippen molar-refractivity contribution in [2.24, 2.45) is 9.98 Å². The van der Waals surface area contributed by atoms with Crippen LogP contribution in [0.2, 0.25) is 0 Å². The largest absolute Gasteiger partial charge is 0.361 e. The minimum Gasteiger partial charge on any atom is -0.361 e. The Bertz CT molecular complexity index is 2200. The van der Waals surface area contributed by atoms with E-state index in [9.17, 15) is 0 Å². The maximum Gasteiger partial charge on any atom is 0.207 e. The SMILES string of the molecule is C1=CC(N2c3ccccc3[C@@H]3C=C4c5ccccc5N(C5=NC(c6ccccc6)=NC(c6cccc(-c7ccccc7)c6)N5)C4CC32)CCC1. The highest BCUT2D eigenvalue weighted by molar-refractivity contribution is 6.14. The number of nitrogens with zero attached hydrogens (tertiary/aromatic N) is 4. The zero-order chi connectivity index (χ0) is 33.0. The molecule has 5 aromatic carbocycles. The van der Waals surface area contributed by atoms with Gasteiger partial charge in [0, 0.05) is 34.8 Å². The Balaban J connectivity index is 1.08. The average Bonchev–Trinajstić information content (AvgIpc) is 3.70. The van der Waals surface area contributed by atoms with E-state index in [1.54, 1.807) is 0 Å². The van der Waals surface area contributed by atoms with Gasteiger partial charge in [-0.2, -0.15) is 4.99 Å². The van der Waals surface area contributed by atoms with E-state index in [2.05, 4.69) is 167 Å². The summed E-state index contributed by atoms with van der Waals surface area (Å²) in [6.45, 7) is 0. The van der Waals surface area contributed by atoms with Crippen LogP contribution in [0.5, 0.6) is 0 Å². The van der Waals surface area contributed by atoms with Gasteiger partial charge in [-0.15, -0.1) is 0 Å². The van der Waals surface area contributed by atoms with E-state index in [0.717, 1.165) is 29.3 Å². The van der Waals surface area contributed by atoms with Crippen LogP contribution in [0.3, 0.4) is 0 Å². The van der Waals surface area contributed by atoms with Crippen molar-refractivity contribution in [3.63, 3.8) is 0 Å². The van der Waals surface area contributed by atoms with Gasteiger partial charge in [0.25, 0.3) is 0 Å². The van der Waals surface area contributed by atoms with Gasteiger partial charge in [-0.05, 0) is 71.7 Å². The Morgan fingerprint density at radius 3 is 2.26 bits per heavy atom. The van der Waals surface area contributed by atoms with Gasteiger partial charge in [0.1, 0.15) is 6.17 Å². The molecule has 2 aliphatic carbocycles. The lowest BCUT2D eigenvalue weighted by atomic mass is 9.80. The van der Waals surface area contributed by atoms with Crippen LogP contribution in [0.25, 0.3) is 16.7 Å². The fraction of sp³-hybridized carbons (Fsp3) is 0.200. The third-order valence-electron chi connectivity index (χ3n) is 11.2. The molecule has 1 N–H and O–H groups in total. The zero-order valence-corrected chi connectivity index (χ0v) is 27.9. The summed E-state index contributed by atoms with van der Waals surface area (Å²) in [6, 6.07) is 48.7. The van der Waals surface area contributed by atoms with Gasteiger partial charge in [0.2, 0.25) is 5.96 Å². The molecule has 5 aliphatic rings. The van der Waals surface area contributed by atoms with E-state index in [0.29, 0.717) is 18.0 Å². The van der Waals surface area contributed by atoms with Crippen LogP contribution in [0.15, 0.2) is 162 Å². The Morgan fingerprint density at radius 1 is 0.700 bits per heavy atom. The smallest absolute Gasteiger partial charge is 0.207 e. The summed E-state index contributed by atoms with van der Waals surface area (Å²) in [4.78, 5) is 15.8. The fourth-order valence-corrected chi connectivity index (χ4v) is 8.97. The van der Waals surface area contributed by atoms with Crippen LogP contribution in [0.1, 0.15) is 60.0 Å². The standard InChI is InChI=1S/C45H39N5/c1-4-15-30(16-5-1)32-19-14-20-33(27-32)44-46-43(31-17-6-2-7-18-31)47-45(48-44)50-40-26-13-11-24-36(40)38-28-37-35-23-10-12-25-39(35)49(41(37)29-42(38)50)34-21-8-3-9-22-34/h1-2,4-8,10-21,23-28,34,37,41-42,44H,3,9,22,29H2,(H,46,47,48)/t34?,37-,41?,42?,44?/m0/s1. The van der Waals surface area contributed by atoms with Gasteiger partial charge in [-0.3, -0.25) is 0 Å². The average molecular weight is 650 g/mol. The van der Waals surface area contributed by atoms with Crippen molar-refractivity contribution in [1.82, 2.24) is 5.32 Å². The number of hydrogen-bond acceptors (Lipinski definition) is 5. The molecule has 0 radical (unpaired) electrons. The maximum atomic E-state index is 5.34. The van der Waals surface area contributed by atoms with Gasteiger partial charge < -0.3 is 15.1 Å². The molecule has 5 aromatic rings. The van der Waals surface area contributed by atoms with E-state index in [-0.39, 0.29) is 12.2 Å². The van der Waals surface area contributed by atoms with E-state index in [1.165, 1.54) is 58.5 Å². The first-order chi connectivity index (χ1) is 24.8. The Labute approximate surface area is 294 Å². The molecule has 10 rings (SSSR count). The van der Waals surface area contributed by atoms with Crippen molar-refractivity contribution in [1.29, 1.82) is 0 Å². The third-order valence-corrected chi connectivity index (χ3v) is 11.2. The molecule has 0 aromatic heterocycles. The highest BCUT2D eigenvalue weighted by Gasteiger charge is 2.49.